The third kappa shape index (κ3) is 3.51. The predicted octanol–water partition coefficient (Wildman–Crippen LogP) is 4.99. The number of rotatable bonds is 5. The van der Waals surface area contributed by atoms with Crippen LogP contribution in [0.5, 0.6) is 0 Å². The van der Waals surface area contributed by atoms with E-state index in [2.05, 4.69) is 36.4 Å². The predicted molar refractivity (Wildman–Crippen MR) is 108 cm³/mol. The van der Waals surface area contributed by atoms with Crippen molar-refractivity contribution in [2.75, 3.05) is 14.1 Å². The maximum Gasteiger partial charge on any atom is 0.253 e. The lowest BCUT2D eigenvalue weighted by Gasteiger charge is -2.44. The molecule has 1 unspecified atom stereocenters. The number of halogens is 1. The summed E-state index contributed by atoms with van der Waals surface area (Å²) in [5.41, 5.74) is 2.53. The standard InChI is InChI=1S/C22H27ClN2O/c1-16-10-9-13-18(23)19(16)21(26)24-20(17-11-5-4-6-12-17)22(25(2)3)14-7-8-15-22/h4-6,9-13,20H,7-8,14-15H2,1-3H3,(H,24,26). The second-order valence-electron chi connectivity index (χ2n) is 7.45. The maximum absolute atomic E-state index is 13.2. The van der Waals surface area contributed by atoms with Crippen molar-refractivity contribution in [2.45, 2.75) is 44.2 Å². The van der Waals surface area contributed by atoms with Gasteiger partial charge in [0.15, 0.2) is 0 Å². The molecule has 138 valence electrons. The van der Waals surface area contributed by atoms with Crippen LogP contribution in [0, 0.1) is 6.92 Å². The van der Waals surface area contributed by atoms with Crippen LogP contribution in [0.3, 0.4) is 0 Å². The lowest BCUT2D eigenvalue weighted by atomic mass is 9.82. The average Bonchev–Trinajstić information content (AvgIpc) is 3.11. The zero-order valence-corrected chi connectivity index (χ0v) is 16.5. The molecule has 0 aromatic heterocycles. The first-order valence-electron chi connectivity index (χ1n) is 9.24. The number of carbonyl (C=O) groups is 1. The molecule has 1 N–H and O–H groups in total. The highest BCUT2D eigenvalue weighted by Crippen LogP contribution is 2.43. The fraction of sp³-hybridized carbons (Fsp3) is 0.409. The van der Waals surface area contributed by atoms with Gasteiger partial charge in [-0.15, -0.1) is 0 Å². The molecule has 3 rings (SSSR count). The molecule has 1 aliphatic carbocycles. The van der Waals surface area contributed by atoms with Crippen LogP contribution in [-0.2, 0) is 0 Å². The molecule has 0 aliphatic heterocycles. The van der Waals surface area contributed by atoms with Gasteiger partial charge in [0.25, 0.3) is 5.91 Å². The van der Waals surface area contributed by atoms with E-state index in [-0.39, 0.29) is 17.5 Å². The van der Waals surface area contributed by atoms with Crippen molar-refractivity contribution in [3.8, 4) is 0 Å². The van der Waals surface area contributed by atoms with Crippen LogP contribution >= 0.6 is 11.6 Å². The van der Waals surface area contributed by atoms with E-state index in [1.54, 1.807) is 6.07 Å². The number of likely N-dealkylation sites (N-methyl/N-ethyl adjacent to an activating group) is 1. The third-order valence-corrected chi connectivity index (χ3v) is 6.07. The van der Waals surface area contributed by atoms with Gasteiger partial charge in [-0.05, 0) is 51.1 Å². The molecule has 0 bridgehead atoms. The number of aryl methyl sites for hydroxylation is 1. The highest BCUT2D eigenvalue weighted by atomic mass is 35.5. The van der Waals surface area contributed by atoms with Gasteiger partial charge in [-0.25, -0.2) is 0 Å². The Bertz CT molecular complexity index is 747. The van der Waals surface area contributed by atoms with Crippen LogP contribution in [-0.4, -0.2) is 30.4 Å². The van der Waals surface area contributed by atoms with Gasteiger partial charge in [0.1, 0.15) is 0 Å². The van der Waals surface area contributed by atoms with Gasteiger partial charge in [-0.3, -0.25) is 4.79 Å². The summed E-state index contributed by atoms with van der Waals surface area (Å²) in [6.07, 6.45) is 4.51. The lowest BCUT2D eigenvalue weighted by molar-refractivity contribution is 0.0766. The van der Waals surface area contributed by atoms with E-state index in [1.807, 2.05) is 37.3 Å². The summed E-state index contributed by atoms with van der Waals surface area (Å²) in [6.45, 7) is 1.93. The molecule has 2 aromatic rings. The van der Waals surface area contributed by atoms with Gasteiger partial charge >= 0.3 is 0 Å². The Balaban J connectivity index is 2.01. The third-order valence-electron chi connectivity index (χ3n) is 5.75. The van der Waals surface area contributed by atoms with Gasteiger partial charge in [0.05, 0.1) is 16.6 Å². The number of hydrogen-bond donors (Lipinski definition) is 1. The van der Waals surface area contributed by atoms with Crippen molar-refractivity contribution in [3.63, 3.8) is 0 Å². The molecule has 4 heteroatoms. The summed E-state index contributed by atoms with van der Waals surface area (Å²) in [7, 11) is 4.24. The number of nitrogens with zero attached hydrogens (tertiary/aromatic N) is 1. The largest absolute Gasteiger partial charge is 0.343 e. The Morgan fingerprint density at radius 3 is 2.31 bits per heavy atom. The van der Waals surface area contributed by atoms with E-state index in [0.29, 0.717) is 10.6 Å². The number of hydrogen-bond acceptors (Lipinski definition) is 2. The minimum atomic E-state index is -0.102. The number of amides is 1. The Morgan fingerprint density at radius 1 is 1.08 bits per heavy atom. The summed E-state index contributed by atoms with van der Waals surface area (Å²) in [5, 5.41) is 3.83. The molecular weight excluding hydrogens is 344 g/mol. The van der Waals surface area contributed by atoms with Crippen LogP contribution in [0.1, 0.15) is 53.2 Å². The molecule has 1 aliphatic rings. The van der Waals surface area contributed by atoms with E-state index >= 15 is 0 Å². The minimum absolute atomic E-state index is 0.0772. The fourth-order valence-electron chi connectivity index (χ4n) is 4.28. The SMILES string of the molecule is Cc1cccc(Cl)c1C(=O)NC(c1ccccc1)C1(N(C)C)CCCC1. The Hall–Kier alpha value is -1.84. The normalized spacial score (nSPS) is 17.3. The van der Waals surface area contributed by atoms with Crippen LogP contribution in [0.15, 0.2) is 48.5 Å². The summed E-state index contributed by atoms with van der Waals surface area (Å²) >= 11 is 6.34. The summed E-state index contributed by atoms with van der Waals surface area (Å²) in [6, 6.07) is 15.8. The van der Waals surface area contributed by atoms with Gasteiger partial charge in [0.2, 0.25) is 0 Å². The Kier molecular flexibility index (Phi) is 5.69. The van der Waals surface area contributed by atoms with E-state index in [0.717, 1.165) is 24.0 Å². The molecule has 26 heavy (non-hydrogen) atoms. The minimum Gasteiger partial charge on any atom is -0.343 e. The number of benzene rings is 2. The van der Waals surface area contributed by atoms with Crippen LogP contribution in [0.2, 0.25) is 5.02 Å². The second kappa shape index (κ2) is 7.81. The van der Waals surface area contributed by atoms with E-state index < -0.39 is 0 Å². The fourth-order valence-corrected chi connectivity index (χ4v) is 4.59. The number of carbonyl (C=O) groups excluding carboxylic acids is 1. The Labute approximate surface area is 161 Å². The molecule has 1 atom stereocenters. The molecule has 2 aromatic carbocycles. The van der Waals surface area contributed by atoms with E-state index in [1.165, 1.54) is 12.8 Å². The summed E-state index contributed by atoms with van der Waals surface area (Å²) in [4.78, 5) is 15.5. The van der Waals surface area contributed by atoms with Gasteiger partial charge in [-0.1, -0.05) is 66.9 Å². The number of nitrogens with one attached hydrogen (secondary N) is 1. The smallest absolute Gasteiger partial charge is 0.253 e. The Morgan fingerprint density at radius 2 is 1.73 bits per heavy atom. The molecule has 1 saturated carbocycles. The van der Waals surface area contributed by atoms with Gasteiger partial charge in [0, 0.05) is 5.54 Å². The first-order chi connectivity index (χ1) is 12.5. The molecule has 1 amide bonds. The van der Waals surface area contributed by atoms with Crippen molar-refractivity contribution >= 4 is 17.5 Å². The highest BCUT2D eigenvalue weighted by Gasteiger charge is 2.44. The first-order valence-corrected chi connectivity index (χ1v) is 9.62. The lowest BCUT2D eigenvalue weighted by Crippen LogP contribution is -2.53. The molecule has 1 fully saturated rings. The first kappa shape index (κ1) is 18.9. The molecular formula is C22H27ClN2O. The van der Waals surface area contributed by atoms with Crippen molar-refractivity contribution in [1.29, 1.82) is 0 Å². The molecule has 0 radical (unpaired) electrons. The summed E-state index contributed by atoms with van der Waals surface area (Å²) in [5.74, 6) is -0.102. The van der Waals surface area contributed by atoms with Crippen LogP contribution in [0.4, 0.5) is 0 Å². The van der Waals surface area contributed by atoms with Crippen molar-refractivity contribution in [2.24, 2.45) is 0 Å². The zero-order chi connectivity index (χ0) is 18.7. The monoisotopic (exact) mass is 370 g/mol. The topological polar surface area (TPSA) is 32.3 Å². The summed E-state index contributed by atoms with van der Waals surface area (Å²) < 4.78 is 0. The second-order valence-corrected chi connectivity index (χ2v) is 7.86. The van der Waals surface area contributed by atoms with Crippen molar-refractivity contribution in [1.82, 2.24) is 10.2 Å². The molecule has 3 nitrogen and oxygen atoms in total. The van der Waals surface area contributed by atoms with Crippen molar-refractivity contribution in [3.05, 3.63) is 70.2 Å². The van der Waals surface area contributed by atoms with Crippen LogP contribution < -0.4 is 5.32 Å². The van der Waals surface area contributed by atoms with Gasteiger partial charge in [-0.2, -0.15) is 0 Å². The average molecular weight is 371 g/mol. The molecule has 0 saturated heterocycles. The molecule has 0 spiro atoms. The maximum atomic E-state index is 13.2. The van der Waals surface area contributed by atoms with Crippen molar-refractivity contribution < 1.29 is 4.79 Å². The van der Waals surface area contributed by atoms with E-state index in [4.69, 9.17) is 11.6 Å². The zero-order valence-electron chi connectivity index (χ0n) is 15.8. The highest BCUT2D eigenvalue weighted by molar-refractivity contribution is 6.34. The van der Waals surface area contributed by atoms with Crippen LogP contribution in [0.25, 0.3) is 0 Å². The molecule has 0 heterocycles. The quantitative estimate of drug-likeness (QED) is 0.803. The van der Waals surface area contributed by atoms with Gasteiger partial charge < -0.3 is 10.2 Å². The van der Waals surface area contributed by atoms with E-state index in [9.17, 15) is 4.79 Å².